The van der Waals surface area contributed by atoms with Crippen molar-refractivity contribution in [2.75, 3.05) is 0 Å². The van der Waals surface area contributed by atoms with Crippen molar-refractivity contribution in [3.63, 3.8) is 0 Å². The Balaban J connectivity index is 0.972. The molecule has 92 heavy (non-hydrogen) atoms. The maximum Gasteiger partial charge on any atom is 0.420 e. The Morgan fingerprint density at radius 1 is 0.239 bits per heavy atom. The fourth-order valence-electron chi connectivity index (χ4n) is 12.9. The van der Waals surface area contributed by atoms with Crippen LogP contribution in [-0.2, 0) is 6.18 Å². The molecule has 0 saturated carbocycles. The van der Waals surface area contributed by atoms with Crippen LogP contribution in [0.4, 0.5) is 22.0 Å². The predicted octanol–water partition coefficient (Wildman–Crippen LogP) is 21.8. The summed E-state index contributed by atoms with van der Waals surface area (Å²) in [5, 5.41) is 2.67. The molecular weight excluding hydrogens is 1150 g/mol. The minimum Gasteiger partial charge on any atom is -0.309 e. The van der Waals surface area contributed by atoms with Crippen molar-refractivity contribution in [3.05, 3.63) is 315 Å². The lowest BCUT2D eigenvalue weighted by Crippen LogP contribution is -2.16. The van der Waals surface area contributed by atoms with Crippen molar-refractivity contribution >= 4 is 43.6 Å². The average Bonchev–Trinajstić information content (AvgIpc) is 1.53. The van der Waals surface area contributed by atoms with Crippen LogP contribution in [0.3, 0.4) is 0 Å². The van der Waals surface area contributed by atoms with Crippen molar-refractivity contribution in [2.45, 2.75) is 6.18 Å². The van der Waals surface area contributed by atoms with E-state index in [9.17, 15) is 0 Å². The van der Waals surface area contributed by atoms with E-state index in [0.717, 1.165) is 108 Å². The number of aromatic nitrogens is 6. The third-order valence-corrected chi connectivity index (χ3v) is 17.2. The highest BCUT2D eigenvalue weighted by Crippen LogP contribution is 2.48. The molecule has 0 unspecified atom stereocenters. The van der Waals surface area contributed by atoms with Gasteiger partial charge in [0.1, 0.15) is 17.2 Å². The SMILES string of the molecule is Fc1cc(F)cc(-c2cc(-n3c4ccc(-c5ccnc(-c6ccccc6)c5)cc4c4cc(-c5ccnc(-c6ccccc6)c5)ccc43)c(C(F)(F)F)c(-n3c4ccc(-c5ccnc(-c6ccccc6)c5)cc4c4cc(-c5ccnc(-c6ccccc6)c5)ccc43)c2)c1. The number of rotatable bonds is 11. The Morgan fingerprint density at radius 2 is 0.500 bits per heavy atom. The number of benzene rings is 10. The molecule has 0 radical (unpaired) electrons. The maximum absolute atomic E-state index is 17.4. The summed E-state index contributed by atoms with van der Waals surface area (Å²) in [5.41, 5.74) is 14.0. The van der Waals surface area contributed by atoms with E-state index in [2.05, 4.69) is 0 Å². The molecule has 16 rings (SSSR count). The zero-order valence-corrected chi connectivity index (χ0v) is 48.9. The molecule has 11 heteroatoms. The van der Waals surface area contributed by atoms with Gasteiger partial charge in [0.2, 0.25) is 0 Å². The van der Waals surface area contributed by atoms with Crippen LogP contribution in [0.1, 0.15) is 5.56 Å². The number of alkyl halides is 3. The molecule has 0 bridgehead atoms. The van der Waals surface area contributed by atoms with Gasteiger partial charge in [-0.1, -0.05) is 146 Å². The Labute approximate surface area is 525 Å². The minimum absolute atomic E-state index is 0.0482. The third kappa shape index (κ3) is 10.1. The zero-order chi connectivity index (χ0) is 62.0. The summed E-state index contributed by atoms with van der Waals surface area (Å²) in [5.74, 6) is -1.76. The van der Waals surface area contributed by atoms with Gasteiger partial charge in [0.05, 0.1) is 56.2 Å². The summed E-state index contributed by atoms with van der Waals surface area (Å²) < 4.78 is 87.0. The van der Waals surface area contributed by atoms with Gasteiger partial charge in [0, 0.05) is 74.7 Å². The van der Waals surface area contributed by atoms with Gasteiger partial charge in [-0.05, 0) is 177 Å². The molecule has 0 aliphatic rings. The van der Waals surface area contributed by atoms with Gasteiger partial charge in [0.15, 0.2) is 0 Å². The first kappa shape index (κ1) is 55.4. The van der Waals surface area contributed by atoms with Gasteiger partial charge >= 0.3 is 6.18 Å². The molecule has 438 valence electrons. The summed E-state index contributed by atoms with van der Waals surface area (Å²) in [6.07, 6.45) is 1.98. The Bertz CT molecular complexity index is 4920. The minimum atomic E-state index is -5.05. The summed E-state index contributed by atoms with van der Waals surface area (Å²) in [6.45, 7) is 0. The van der Waals surface area contributed by atoms with E-state index in [-0.39, 0.29) is 22.5 Å². The highest BCUT2D eigenvalue weighted by atomic mass is 19.4. The van der Waals surface area contributed by atoms with Gasteiger partial charge in [0.25, 0.3) is 0 Å². The number of hydrogen-bond acceptors (Lipinski definition) is 4. The van der Waals surface area contributed by atoms with Crippen molar-refractivity contribution in [3.8, 4) is 112 Å². The number of halogens is 5. The molecule has 0 atom stereocenters. The molecule has 0 aliphatic carbocycles. The standard InChI is InChI=1S/C81H49F5N6/c82-64-37-62(38-65(83)49-64)63-47-78(91-74-25-21-54(58-29-33-87-70(43-58)50-13-5-1-6-14-50)39-66(74)67-40-55(22-26-75(67)91)59-30-34-88-71(44-59)51-15-7-2-8-16-51)80(81(84,85)86)79(48-63)92-76-27-23-56(60-31-35-89-72(45-60)52-17-9-3-10-18-52)41-68(76)69-42-57(24-28-77(69)92)61-32-36-90-73(46-61)53-19-11-4-12-20-53/h1-49H. The van der Waals surface area contributed by atoms with E-state index in [0.29, 0.717) is 43.6 Å². The molecule has 0 aliphatic heterocycles. The Morgan fingerprint density at radius 3 is 0.772 bits per heavy atom. The summed E-state index contributed by atoms with van der Waals surface area (Å²) in [6, 6.07) is 84.2. The summed E-state index contributed by atoms with van der Waals surface area (Å²) >= 11 is 0. The second-order valence-electron chi connectivity index (χ2n) is 22.8. The molecule has 10 aromatic carbocycles. The number of pyridine rings is 4. The molecule has 6 nitrogen and oxygen atoms in total. The van der Waals surface area contributed by atoms with Crippen LogP contribution < -0.4 is 0 Å². The second kappa shape index (κ2) is 22.6. The highest BCUT2D eigenvalue weighted by Gasteiger charge is 2.40. The highest BCUT2D eigenvalue weighted by molar-refractivity contribution is 6.14. The van der Waals surface area contributed by atoms with Crippen LogP contribution in [0.15, 0.2) is 298 Å². The first-order valence-corrected chi connectivity index (χ1v) is 30.0. The van der Waals surface area contributed by atoms with E-state index >= 15 is 22.0 Å². The Hall–Kier alpha value is -12.0. The largest absolute Gasteiger partial charge is 0.420 e. The monoisotopic (exact) mass is 1200 g/mol. The molecular formula is C81H49F5N6. The van der Waals surface area contributed by atoms with Crippen LogP contribution in [0.2, 0.25) is 0 Å². The summed E-state index contributed by atoms with van der Waals surface area (Å²) in [7, 11) is 0. The first-order chi connectivity index (χ1) is 45.0. The van der Waals surface area contributed by atoms with Gasteiger partial charge < -0.3 is 9.13 Å². The smallest absolute Gasteiger partial charge is 0.309 e. The Kier molecular flexibility index (Phi) is 13.6. The maximum atomic E-state index is 17.4. The lowest BCUT2D eigenvalue weighted by atomic mass is 9.98. The van der Waals surface area contributed by atoms with Crippen molar-refractivity contribution in [2.24, 2.45) is 0 Å². The molecule has 6 aromatic heterocycles. The molecule has 6 heterocycles. The molecule has 0 N–H and O–H groups in total. The second-order valence-corrected chi connectivity index (χ2v) is 22.8. The fourth-order valence-corrected chi connectivity index (χ4v) is 12.9. The van der Waals surface area contributed by atoms with Gasteiger partial charge in [-0.25, -0.2) is 8.78 Å². The first-order valence-electron chi connectivity index (χ1n) is 30.0. The van der Waals surface area contributed by atoms with E-state index in [4.69, 9.17) is 19.9 Å². The average molecular weight is 1200 g/mol. The van der Waals surface area contributed by atoms with E-state index in [1.54, 1.807) is 33.9 Å². The fraction of sp³-hybridized carbons (Fsp3) is 0.0123. The van der Waals surface area contributed by atoms with Gasteiger partial charge in [-0.2, -0.15) is 13.2 Å². The molecule has 0 spiro atoms. The van der Waals surface area contributed by atoms with E-state index < -0.39 is 23.4 Å². The quantitative estimate of drug-likeness (QED) is 0.121. The number of nitrogens with zero attached hydrogens (tertiary/aromatic N) is 6. The lowest BCUT2D eigenvalue weighted by molar-refractivity contribution is -0.137. The molecule has 0 amide bonds. The van der Waals surface area contributed by atoms with Gasteiger partial charge in [-0.15, -0.1) is 0 Å². The molecule has 0 saturated heterocycles. The van der Waals surface area contributed by atoms with E-state index in [1.165, 1.54) is 12.1 Å². The number of fused-ring (bicyclic) bond motifs is 6. The van der Waals surface area contributed by atoms with Crippen LogP contribution in [0, 0.1) is 11.6 Å². The summed E-state index contributed by atoms with van der Waals surface area (Å²) in [4.78, 5) is 18.8. The molecule has 0 fully saturated rings. The van der Waals surface area contributed by atoms with Crippen LogP contribution >= 0.6 is 0 Å². The molecule has 16 aromatic rings. The van der Waals surface area contributed by atoms with Crippen LogP contribution in [0.5, 0.6) is 0 Å². The van der Waals surface area contributed by atoms with Crippen LogP contribution in [0.25, 0.3) is 156 Å². The van der Waals surface area contributed by atoms with Crippen molar-refractivity contribution < 1.29 is 22.0 Å². The van der Waals surface area contributed by atoms with Crippen LogP contribution in [-0.4, -0.2) is 29.1 Å². The van der Waals surface area contributed by atoms with Crippen molar-refractivity contribution in [1.82, 2.24) is 29.1 Å². The van der Waals surface area contributed by atoms with Gasteiger partial charge in [-0.3, -0.25) is 19.9 Å². The zero-order valence-electron chi connectivity index (χ0n) is 48.9. The predicted molar refractivity (Wildman–Crippen MR) is 360 cm³/mol. The number of hydrogen-bond donors (Lipinski definition) is 0. The van der Waals surface area contributed by atoms with E-state index in [1.807, 2.05) is 243 Å². The topological polar surface area (TPSA) is 61.4 Å². The third-order valence-electron chi connectivity index (χ3n) is 17.2. The normalized spacial score (nSPS) is 11.8. The lowest BCUT2D eigenvalue weighted by Gasteiger charge is -2.23. The van der Waals surface area contributed by atoms with Crippen molar-refractivity contribution in [1.29, 1.82) is 0 Å².